The maximum atomic E-state index is 15.1. The van der Waals surface area contributed by atoms with Crippen molar-refractivity contribution in [2.75, 3.05) is 19.6 Å². The molecule has 2 aromatic rings. The fourth-order valence-corrected chi connectivity index (χ4v) is 3.39. The lowest BCUT2D eigenvalue weighted by Crippen LogP contribution is -2.48. The number of aromatic nitrogens is 1. The SMILES string of the molecule is Cc1ccc(CNCC2(F)CCN(C(=O)c3ccc(C)c(Cl)c3)CC2)nc1. The molecular formula is C21H25ClFN3O. The minimum absolute atomic E-state index is 0.0873. The van der Waals surface area contributed by atoms with Gasteiger partial charge in [-0.1, -0.05) is 23.7 Å². The van der Waals surface area contributed by atoms with Crippen LogP contribution >= 0.6 is 11.6 Å². The summed E-state index contributed by atoms with van der Waals surface area (Å²) in [4.78, 5) is 18.6. The third-order valence-electron chi connectivity index (χ3n) is 5.09. The van der Waals surface area contributed by atoms with Crippen molar-refractivity contribution in [2.24, 2.45) is 0 Å². The zero-order valence-electron chi connectivity index (χ0n) is 15.8. The molecule has 1 saturated heterocycles. The molecule has 144 valence electrons. The summed E-state index contributed by atoms with van der Waals surface area (Å²) in [5.74, 6) is -0.0873. The molecule has 1 N–H and O–H groups in total. The number of carbonyl (C=O) groups excluding carboxylic acids is 1. The lowest BCUT2D eigenvalue weighted by Gasteiger charge is -2.36. The van der Waals surface area contributed by atoms with Gasteiger partial charge in [0, 0.05) is 55.8 Å². The van der Waals surface area contributed by atoms with Crippen LogP contribution in [0.3, 0.4) is 0 Å². The van der Waals surface area contributed by atoms with E-state index < -0.39 is 5.67 Å². The second-order valence-corrected chi connectivity index (χ2v) is 7.74. The maximum absolute atomic E-state index is 15.1. The first kappa shape index (κ1) is 19.8. The van der Waals surface area contributed by atoms with Gasteiger partial charge >= 0.3 is 0 Å². The van der Waals surface area contributed by atoms with Gasteiger partial charge in [0.1, 0.15) is 5.67 Å². The second-order valence-electron chi connectivity index (χ2n) is 7.34. The average Bonchev–Trinajstić information content (AvgIpc) is 2.66. The van der Waals surface area contributed by atoms with Crippen molar-refractivity contribution in [3.63, 3.8) is 0 Å². The summed E-state index contributed by atoms with van der Waals surface area (Å²) < 4.78 is 15.1. The summed E-state index contributed by atoms with van der Waals surface area (Å²) in [6.07, 6.45) is 2.46. The van der Waals surface area contributed by atoms with E-state index in [-0.39, 0.29) is 12.5 Å². The number of amides is 1. The van der Waals surface area contributed by atoms with E-state index >= 15 is 4.39 Å². The van der Waals surface area contributed by atoms with Crippen LogP contribution in [0.1, 0.15) is 40.0 Å². The maximum Gasteiger partial charge on any atom is 0.253 e. The lowest BCUT2D eigenvalue weighted by atomic mass is 9.92. The molecule has 2 heterocycles. The number of likely N-dealkylation sites (tertiary alicyclic amines) is 1. The first-order valence-electron chi connectivity index (χ1n) is 9.23. The number of carbonyl (C=O) groups is 1. The molecular weight excluding hydrogens is 365 g/mol. The summed E-state index contributed by atoms with van der Waals surface area (Å²) in [7, 11) is 0. The van der Waals surface area contributed by atoms with E-state index in [1.54, 1.807) is 17.0 Å². The number of nitrogens with one attached hydrogen (secondary N) is 1. The van der Waals surface area contributed by atoms with Crippen molar-refractivity contribution in [1.29, 1.82) is 0 Å². The zero-order chi connectivity index (χ0) is 19.4. The quantitative estimate of drug-likeness (QED) is 0.837. The summed E-state index contributed by atoms with van der Waals surface area (Å²) >= 11 is 6.11. The van der Waals surface area contributed by atoms with Crippen LogP contribution < -0.4 is 5.32 Å². The predicted molar refractivity (Wildman–Crippen MR) is 106 cm³/mol. The van der Waals surface area contributed by atoms with Gasteiger partial charge in [0.05, 0.1) is 5.69 Å². The van der Waals surface area contributed by atoms with Crippen molar-refractivity contribution in [2.45, 2.75) is 38.9 Å². The number of nitrogens with zero attached hydrogens (tertiary/aromatic N) is 2. The van der Waals surface area contributed by atoms with Crippen LogP contribution in [0.4, 0.5) is 4.39 Å². The van der Waals surface area contributed by atoms with Gasteiger partial charge in [0.2, 0.25) is 0 Å². The molecule has 0 bridgehead atoms. The fraction of sp³-hybridized carbons (Fsp3) is 0.429. The minimum Gasteiger partial charge on any atom is -0.338 e. The highest BCUT2D eigenvalue weighted by Gasteiger charge is 2.35. The Morgan fingerprint density at radius 3 is 2.63 bits per heavy atom. The molecule has 0 unspecified atom stereocenters. The Kier molecular flexibility index (Phi) is 6.12. The van der Waals surface area contributed by atoms with Crippen LogP contribution in [0.2, 0.25) is 5.02 Å². The molecule has 0 spiro atoms. The van der Waals surface area contributed by atoms with Gasteiger partial charge in [0.15, 0.2) is 0 Å². The van der Waals surface area contributed by atoms with Crippen LogP contribution in [-0.4, -0.2) is 41.1 Å². The number of pyridine rings is 1. The van der Waals surface area contributed by atoms with E-state index in [2.05, 4.69) is 10.3 Å². The van der Waals surface area contributed by atoms with Crippen LogP contribution in [-0.2, 0) is 6.54 Å². The highest BCUT2D eigenvalue weighted by Crippen LogP contribution is 2.27. The van der Waals surface area contributed by atoms with E-state index in [0.29, 0.717) is 43.1 Å². The van der Waals surface area contributed by atoms with Crippen molar-refractivity contribution in [3.05, 3.63) is 63.9 Å². The third-order valence-corrected chi connectivity index (χ3v) is 5.49. The smallest absolute Gasteiger partial charge is 0.253 e. The molecule has 4 nitrogen and oxygen atoms in total. The number of benzene rings is 1. The van der Waals surface area contributed by atoms with Crippen molar-refractivity contribution < 1.29 is 9.18 Å². The normalized spacial score (nSPS) is 16.4. The van der Waals surface area contributed by atoms with Gasteiger partial charge in [-0.3, -0.25) is 9.78 Å². The van der Waals surface area contributed by atoms with E-state index in [9.17, 15) is 4.79 Å². The van der Waals surface area contributed by atoms with Gasteiger partial charge < -0.3 is 10.2 Å². The number of hydrogen-bond donors (Lipinski definition) is 1. The molecule has 1 amide bonds. The monoisotopic (exact) mass is 389 g/mol. The Balaban J connectivity index is 1.50. The Hall–Kier alpha value is -1.98. The summed E-state index contributed by atoms with van der Waals surface area (Å²) in [5, 5.41) is 3.74. The van der Waals surface area contributed by atoms with Gasteiger partial charge in [-0.25, -0.2) is 4.39 Å². The van der Waals surface area contributed by atoms with E-state index in [0.717, 1.165) is 16.8 Å². The molecule has 1 aromatic carbocycles. The fourth-order valence-electron chi connectivity index (χ4n) is 3.21. The topological polar surface area (TPSA) is 45.2 Å². The van der Waals surface area contributed by atoms with Crippen LogP contribution in [0.15, 0.2) is 36.5 Å². The Morgan fingerprint density at radius 2 is 2.00 bits per heavy atom. The van der Waals surface area contributed by atoms with Crippen LogP contribution in [0, 0.1) is 13.8 Å². The van der Waals surface area contributed by atoms with Gasteiger partial charge in [0.25, 0.3) is 5.91 Å². The molecule has 6 heteroatoms. The minimum atomic E-state index is -1.30. The number of piperidine rings is 1. The molecule has 1 aliphatic rings. The zero-order valence-corrected chi connectivity index (χ0v) is 16.5. The molecule has 3 rings (SSSR count). The van der Waals surface area contributed by atoms with Crippen LogP contribution in [0.5, 0.6) is 0 Å². The van der Waals surface area contributed by atoms with Crippen molar-refractivity contribution in [3.8, 4) is 0 Å². The van der Waals surface area contributed by atoms with E-state index in [4.69, 9.17) is 11.6 Å². The highest BCUT2D eigenvalue weighted by atomic mass is 35.5. The average molecular weight is 390 g/mol. The number of alkyl halides is 1. The molecule has 1 aromatic heterocycles. The van der Waals surface area contributed by atoms with E-state index in [1.165, 1.54) is 0 Å². The van der Waals surface area contributed by atoms with Crippen molar-refractivity contribution in [1.82, 2.24) is 15.2 Å². The molecule has 0 atom stereocenters. The molecule has 0 radical (unpaired) electrons. The molecule has 0 saturated carbocycles. The van der Waals surface area contributed by atoms with E-state index in [1.807, 2.05) is 38.2 Å². The summed E-state index contributed by atoms with van der Waals surface area (Å²) in [6.45, 7) is 5.50. The standard InChI is InChI=1S/C21H25ClFN3O/c1-15-3-6-18(25-12-15)13-24-14-21(23)7-9-26(10-8-21)20(27)17-5-4-16(2)19(22)11-17/h3-6,11-12,24H,7-10,13-14H2,1-2H3. The highest BCUT2D eigenvalue weighted by molar-refractivity contribution is 6.31. The first-order valence-corrected chi connectivity index (χ1v) is 9.61. The third kappa shape index (κ3) is 5.05. The van der Waals surface area contributed by atoms with Crippen molar-refractivity contribution >= 4 is 17.5 Å². The largest absolute Gasteiger partial charge is 0.338 e. The number of hydrogen-bond acceptors (Lipinski definition) is 3. The van der Waals surface area contributed by atoms with Crippen LogP contribution in [0.25, 0.3) is 0 Å². The summed E-state index contributed by atoms with van der Waals surface area (Å²) in [5.41, 5.74) is 2.19. The number of rotatable bonds is 5. The number of halogens is 2. The van der Waals surface area contributed by atoms with Gasteiger partial charge in [-0.2, -0.15) is 0 Å². The lowest BCUT2D eigenvalue weighted by molar-refractivity contribution is 0.0434. The van der Waals surface area contributed by atoms with Gasteiger partial charge in [-0.15, -0.1) is 0 Å². The van der Waals surface area contributed by atoms with Gasteiger partial charge in [-0.05, 0) is 43.2 Å². The molecule has 1 aliphatic heterocycles. The Bertz CT molecular complexity index is 802. The number of aryl methyl sites for hydroxylation is 2. The Morgan fingerprint density at radius 1 is 1.26 bits per heavy atom. The summed E-state index contributed by atoms with van der Waals surface area (Å²) in [6, 6.07) is 9.24. The second kappa shape index (κ2) is 8.36. The predicted octanol–water partition coefficient (Wildman–Crippen LogP) is 4.09. The molecule has 27 heavy (non-hydrogen) atoms. The Labute approximate surface area is 164 Å². The first-order chi connectivity index (χ1) is 12.9. The molecule has 1 fully saturated rings. The molecule has 0 aliphatic carbocycles.